The van der Waals surface area contributed by atoms with Crippen molar-refractivity contribution in [1.82, 2.24) is 9.97 Å². The summed E-state index contributed by atoms with van der Waals surface area (Å²) in [6.07, 6.45) is 1.30. The molecule has 0 aliphatic carbocycles. The predicted octanol–water partition coefficient (Wildman–Crippen LogP) is 2.18. The fourth-order valence-electron chi connectivity index (χ4n) is 2.22. The van der Waals surface area contributed by atoms with Gasteiger partial charge in [-0.2, -0.15) is 0 Å². The number of H-pyrrole nitrogens is 1. The Bertz CT molecular complexity index is 650. The maximum atomic E-state index is 11.3. The lowest BCUT2D eigenvalue weighted by Gasteiger charge is -2.17. The second-order valence-electron chi connectivity index (χ2n) is 4.47. The SMILES string of the molecule is NCc1nc(-c2ccc3c(c2)CCC(=O)N3)c(Br)[nH]1. The van der Waals surface area contributed by atoms with Gasteiger partial charge >= 0.3 is 0 Å². The fourth-order valence-corrected chi connectivity index (χ4v) is 2.76. The molecule has 0 bridgehead atoms. The third-order valence-electron chi connectivity index (χ3n) is 3.18. The number of aromatic amines is 1. The zero-order valence-corrected chi connectivity index (χ0v) is 11.8. The molecule has 0 saturated carbocycles. The van der Waals surface area contributed by atoms with E-state index < -0.39 is 0 Å². The average molecular weight is 321 g/mol. The van der Waals surface area contributed by atoms with Gasteiger partial charge in [0.1, 0.15) is 16.1 Å². The summed E-state index contributed by atoms with van der Waals surface area (Å²) in [6.45, 7) is 0.375. The van der Waals surface area contributed by atoms with E-state index >= 15 is 0 Å². The van der Waals surface area contributed by atoms with Gasteiger partial charge in [0.05, 0.1) is 6.54 Å². The molecule has 1 aromatic heterocycles. The van der Waals surface area contributed by atoms with Gasteiger partial charge in [-0.1, -0.05) is 6.07 Å². The molecule has 0 spiro atoms. The first-order valence-electron chi connectivity index (χ1n) is 6.05. The smallest absolute Gasteiger partial charge is 0.224 e. The van der Waals surface area contributed by atoms with Gasteiger partial charge in [0.15, 0.2) is 0 Å². The van der Waals surface area contributed by atoms with Crippen molar-refractivity contribution in [3.63, 3.8) is 0 Å². The highest BCUT2D eigenvalue weighted by molar-refractivity contribution is 9.10. The number of carbonyl (C=O) groups is 1. The third kappa shape index (κ3) is 2.29. The average Bonchev–Trinajstić information content (AvgIpc) is 2.79. The molecule has 0 unspecified atom stereocenters. The summed E-state index contributed by atoms with van der Waals surface area (Å²) in [5.74, 6) is 0.819. The second kappa shape index (κ2) is 4.79. The Hall–Kier alpha value is -1.66. The van der Waals surface area contributed by atoms with E-state index in [9.17, 15) is 4.79 Å². The first-order chi connectivity index (χ1) is 9.17. The molecule has 1 aliphatic heterocycles. The quantitative estimate of drug-likeness (QED) is 0.793. The topological polar surface area (TPSA) is 83.8 Å². The number of carbonyl (C=O) groups excluding carboxylic acids is 1. The van der Waals surface area contributed by atoms with Crippen molar-refractivity contribution in [3.05, 3.63) is 34.2 Å². The molecule has 19 heavy (non-hydrogen) atoms. The highest BCUT2D eigenvalue weighted by atomic mass is 79.9. The summed E-state index contributed by atoms with van der Waals surface area (Å²) < 4.78 is 0.827. The number of fused-ring (bicyclic) bond motifs is 1. The van der Waals surface area contributed by atoms with E-state index in [4.69, 9.17) is 5.73 Å². The van der Waals surface area contributed by atoms with Crippen LogP contribution < -0.4 is 11.1 Å². The molecule has 3 rings (SSSR count). The molecule has 1 aromatic carbocycles. The first-order valence-corrected chi connectivity index (χ1v) is 6.84. The van der Waals surface area contributed by atoms with Crippen molar-refractivity contribution in [3.8, 4) is 11.3 Å². The highest BCUT2D eigenvalue weighted by Gasteiger charge is 2.17. The summed E-state index contributed by atoms with van der Waals surface area (Å²) in [6, 6.07) is 5.94. The zero-order chi connectivity index (χ0) is 13.4. The number of rotatable bonds is 2. The van der Waals surface area contributed by atoms with Crippen LogP contribution in [0.4, 0.5) is 5.69 Å². The van der Waals surface area contributed by atoms with Crippen LogP contribution in [0, 0.1) is 0 Å². The standard InChI is InChI=1S/C13H13BrN4O/c14-13-12(17-10(6-15)18-13)8-1-3-9-7(5-8)2-4-11(19)16-9/h1,3,5H,2,4,6,15H2,(H,16,19)(H,17,18). The number of imidazole rings is 1. The molecule has 5 nitrogen and oxygen atoms in total. The number of nitrogens with zero attached hydrogens (tertiary/aromatic N) is 1. The van der Waals surface area contributed by atoms with E-state index in [0.717, 1.165) is 39.4 Å². The van der Waals surface area contributed by atoms with Gasteiger partial charge in [-0.25, -0.2) is 4.98 Å². The molecule has 6 heteroatoms. The van der Waals surface area contributed by atoms with Crippen LogP contribution in [0.2, 0.25) is 0 Å². The number of hydrogen-bond donors (Lipinski definition) is 3. The summed E-state index contributed by atoms with van der Waals surface area (Å²) in [7, 11) is 0. The predicted molar refractivity (Wildman–Crippen MR) is 76.6 cm³/mol. The number of benzene rings is 1. The van der Waals surface area contributed by atoms with Crippen LogP contribution in [0.25, 0.3) is 11.3 Å². The molecule has 98 valence electrons. The molecular weight excluding hydrogens is 308 g/mol. The Morgan fingerprint density at radius 2 is 2.21 bits per heavy atom. The maximum absolute atomic E-state index is 11.3. The number of halogens is 1. The lowest BCUT2D eigenvalue weighted by atomic mass is 9.99. The summed E-state index contributed by atoms with van der Waals surface area (Å²) in [5.41, 5.74) is 9.47. The van der Waals surface area contributed by atoms with Crippen LogP contribution in [0.3, 0.4) is 0 Å². The van der Waals surface area contributed by atoms with E-state index in [1.165, 1.54) is 0 Å². The van der Waals surface area contributed by atoms with Crippen LogP contribution in [0.5, 0.6) is 0 Å². The molecule has 0 atom stereocenters. The Kier molecular flexibility index (Phi) is 3.12. The zero-order valence-electron chi connectivity index (χ0n) is 10.2. The number of nitrogens with two attached hydrogens (primary N) is 1. The van der Waals surface area contributed by atoms with E-state index in [0.29, 0.717) is 13.0 Å². The largest absolute Gasteiger partial charge is 0.335 e. The summed E-state index contributed by atoms with van der Waals surface area (Å²) in [5, 5.41) is 2.87. The van der Waals surface area contributed by atoms with Gasteiger partial charge in [0.2, 0.25) is 5.91 Å². The molecule has 0 fully saturated rings. The van der Waals surface area contributed by atoms with Crippen molar-refractivity contribution < 1.29 is 4.79 Å². The maximum Gasteiger partial charge on any atom is 0.224 e. The number of aryl methyl sites for hydroxylation is 1. The molecule has 0 radical (unpaired) electrons. The molecule has 4 N–H and O–H groups in total. The van der Waals surface area contributed by atoms with Crippen molar-refractivity contribution in [2.45, 2.75) is 19.4 Å². The number of amides is 1. The Morgan fingerprint density at radius 3 is 2.95 bits per heavy atom. The molecule has 2 heterocycles. The molecule has 2 aromatic rings. The second-order valence-corrected chi connectivity index (χ2v) is 5.26. The van der Waals surface area contributed by atoms with Gasteiger partial charge in [0, 0.05) is 17.7 Å². The van der Waals surface area contributed by atoms with Gasteiger partial charge in [-0.15, -0.1) is 0 Å². The Labute approximate surface area is 118 Å². The normalized spacial score (nSPS) is 14.1. The van der Waals surface area contributed by atoms with E-state index in [2.05, 4.69) is 37.3 Å². The fraction of sp³-hybridized carbons (Fsp3) is 0.231. The van der Waals surface area contributed by atoms with E-state index in [1.807, 2.05) is 12.1 Å². The Morgan fingerprint density at radius 1 is 1.37 bits per heavy atom. The monoisotopic (exact) mass is 320 g/mol. The van der Waals surface area contributed by atoms with Crippen LogP contribution >= 0.6 is 15.9 Å². The van der Waals surface area contributed by atoms with Gasteiger partial charge in [-0.3, -0.25) is 4.79 Å². The van der Waals surface area contributed by atoms with Crippen LogP contribution in [0.15, 0.2) is 22.8 Å². The molecular formula is C13H13BrN4O. The van der Waals surface area contributed by atoms with Gasteiger partial charge in [-0.05, 0) is 40.0 Å². The molecule has 1 amide bonds. The molecule has 0 saturated heterocycles. The lowest BCUT2D eigenvalue weighted by Crippen LogP contribution is -2.18. The van der Waals surface area contributed by atoms with Crippen LogP contribution in [-0.2, 0) is 17.8 Å². The van der Waals surface area contributed by atoms with Crippen molar-refractivity contribution >= 4 is 27.5 Å². The minimum absolute atomic E-state index is 0.0756. The number of anilines is 1. The number of nitrogens with one attached hydrogen (secondary N) is 2. The molecule has 1 aliphatic rings. The Balaban J connectivity index is 2.02. The van der Waals surface area contributed by atoms with Crippen molar-refractivity contribution in [2.75, 3.05) is 5.32 Å². The van der Waals surface area contributed by atoms with Crippen LogP contribution in [0.1, 0.15) is 17.8 Å². The number of aromatic nitrogens is 2. The minimum Gasteiger partial charge on any atom is -0.335 e. The van der Waals surface area contributed by atoms with Gasteiger partial charge in [0.25, 0.3) is 0 Å². The van der Waals surface area contributed by atoms with E-state index in [1.54, 1.807) is 0 Å². The van der Waals surface area contributed by atoms with Crippen molar-refractivity contribution in [2.24, 2.45) is 5.73 Å². The third-order valence-corrected chi connectivity index (χ3v) is 3.75. The van der Waals surface area contributed by atoms with E-state index in [-0.39, 0.29) is 5.91 Å². The number of hydrogen-bond acceptors (Lipinski definition) is 3. The van der Waals surface area contributed by atoms with Crippen molar-refractivity contribution in [1.29, 1.82) is 0 Å². The van der Waals surface area contributed by atoms with Crippen LogP contribution in [-0.4, -0.2) is 15.9 Å². The first kappa shape index (κ1) is 12.4. The highest BCUT2D eigenvalue weighted by Crippen LogP contribution is 2.31. The summed E-state index contributed by atoms with van der Waals surface area (Å²) >= 11 is 3.46. The minimum atomic E-state index is 0.0756. The van der Waals surface area contributed by atoms with Gasteiger partial charge < -0.3 is 16.0 Å². The lowest BCUT2D eigenvalue weighted by molar-refractivity contribution is -0.116. The summed E-state index contributed by atoms with van der Waals surface area (Å²) in [4.78, 5) is 18.9.